The van der Waals surface area contributed by atoms with Crippen LogP contribution in [0.5, 0.6) is 0 Å². The second-order valence-corrected chi connectivity index (χ2v) is 20.2. The number of Topliss-reactive ketones (excluding diaryl/α,β-unsaturated/α-hetero) is 1. The quantitative estimate of drug-likeness (QED) is 0.274. The molecule has 0 N–H and O–H groups in total. The van der Waals surface area contributed by atoms with Crippen molar-refractivity contribution in [3.05, 3.63) is 30.1 Å². The van der Waals surface area contributed by atoms with Gasteiger partial charge in [0.1, 0.15) is 11.9 Å². The van der Waals surface area contributed by atoms with Gasteiger partial charge in [-0.05, 0) is 117 Å². The van der Waals surface area contributed by atoms with Crippen LogP contribution in [0.1, 0.15) is 103 Å². The number of nitrogens with zero attached hydrogens (tertiary/aromatic N) is 1. The van der Waals surface area contributed by atoms with E-state index in [-0.39, 0.29) is 40.0 Å². The number of aromatic nitrogens is 1. The van der Waals surface area contributed by atoms with Gasteiger partial charge in [0.2, 0.25) is 0 Å². The third-order valence-corrected chi connectivity index (χ3v) is 17.1. The lowest BCUT2D eigenvalue weighted by atomic mass is 9.44. The Morgan fingerprint density at radius 3 is 2.33 bits per heavy atom. The molecular formula is C33H51NO4Si. The van der Waals surface area contributed by atoms with E-state index in [2.05, 4.69) is 52.7 Å². The van der Waals surface area contributed by atoms with Crippen molar-refractivity contribution in [2.24, 2.45) is 40.4 Å². The average Bonchev–Trinajstić information content (AvgIpc) is 3.22. The largest absolute Gasteiger partial charge is 0.458 e. The Bertz CT molecular complexity index is 1080. The van der Waals surface area contributed by atoms with Gasteiger partial charge in [-0.15, -0.1) is 0 Å². The second-order valence-electron chi connectivity index (χ2n) is 15.5. The highest BCUT2D eigenvalue weighted by Gasteiger charge is 2.64. The summed E-state index contributed by atoms with van der Waals surface area (Å²) >= 11 is 0. The molecule has 0 unspecified atom stereocenters. The Morgan fingerprint density at radius 1 is 1.00 bits per heavy atom. The topological polar surface area (TPSA) is 65.5 Å². The molecule has 9 atom stereocenters. The zero-order valence-corrected chi connectivity index (χ0v) is 26.6. The van der Waals surface area contributed by atoms with Crippen LogP contribution >= 0.6 is 0 Å². The van der Waals surface area contributed by atoms with Gasteiger partial charge in [-0.3, -0.25) is 9.78 Å². The number of ether oxygens (including phenoxy) is 1. The maximum atomic E-state index is 13.4. The minimum absolute atomic E-state index is 0.0117. The molecule has 1 aromatic rings. The zero-order chi connectivity index (χ0) is 28.4. The van der Waals surface area contributed by atoms with E-state index >= 15 is 0 Å². The number of hydrogen-bond acceptors (Lipinski definition) is 5. The molecule has 0 bridgehead atoms. The summed E-state index contributed by atoms with van der Waals surface area (Å²) < 4.78 is 13.5. The van der Waals surface area contributed by atoms with Gasteiger partial charge in [-0.2, -0.15) is 0 Å². The van der Waals surface area contributed by atoms with Crippen LogP contribution in [0.25, 0.3) is 0 Å². The van der Waals surface area contributed by atoms with Gasteiger partial charge >= 0.3 is 5.97 Å². The van der Waals surface area contributed by atoms with Crippen molar-refractivity contribution in [2.75, 3.05) is 0 Å². The standard InChI is InChI=1S/C33H51NO4Si/c1-21(35)25-11-12-26-29-27(14-16-33(25,26)6)32(5)15-13-24(38-39(7,8)31(2,3)4)18-23(32)19-28(29)37-30(36)22-10-9-17-34-20-22/h9-10,17,20,23-29H,11-16,18-19H2,1-8H3/t23-,24-,25-,26+,27+,28-,29+,32+,33-/m1/s1. The molecule has 6 heteroatoms. The number of pyridine rings is 1. The van der Waals surface area contributed by atoms with Crippen molar-refractivity contribution in [2.45, 2.75) is 123 Å². The maximum absolute atomic E-state index is 13.4. The highest BCUT2D eigenvalue weighted by Crippen LogP contribution is 2.68. The number of rotatable bonds is 5. The summed E-state index contributed by atoms with van der Waals surface area (Å²) in [4.78, 5) is 30.3. The number of ketones is 1. The summed E-state index contributed by atoms with van der Waals surface area (Å²) in [6, 6.07) is 3.60. The lowest BCUT2D eigenvalue weighted by Crippen LogP contribution is -2.60. The number of carbonyl (C=O) groups excluding carboxylic acids is 2. The van der Waals surface area contributed by atoms with E-state index in [0.29, 0.717) is 35.0 Å². The van der Waals surface area contributed by atoms with E-state index < -0.39 is 8.32 Å². The fourth-order valence-corrected chi connectivity index (χ4v) is 10.7. The van der Waals surface area contributed by atoms with E-state index in [1.165, 1.54) is 6.42 Å². The summed E-state index contributed by atoms with van der Waals surface area (Å²) in [5.74, 6) is 1.95. The molecule has 1 heterocycles. The number of fused-ring (bicyclic) bond motifs is 5. The van der Waals surface area contributed by atoms with E-state index in [1.807, 2.05) is 0 Å². The Kier molecular flexibility index (Phi) is 7.49. The molecule has 1 aromatic heterocycles. The van der Waals surface area contributed by atoms with Crippen LogP contribution in [0.15, 0.2) is 24.5 Å². The molecule has 4 fully saturated rings. The van der Waals surface area contributed by atoms with Gasteiger partial charge in [-0.1, -0.05) is 34.6 Å². The zero-order valence-electron chi connectivity index (χ0n) is 25.6. The van der Waals surface area contributed by atoms with Crippen LogP contribution in [-0.4, -0.2) is 37.3 Å². The van der Waals surface area contributed by atoms with Gasteiger partial charge in [0.15, 0.2) is 8.32 Å². The molecule has 0 aromatic carbocycles. The average molecular weight is 554 g/mol. The molecule has 216 valence electrons. The second kappa shape index (κ2) is 10.1. The Morgan fingerprint density at radius 2 is 1.69 bits per heavy atom. The van der Waals surface area contributed by atoms with E-state index in [4.69, 9.17) is 9.16 Å². The number of carbonyl (C=O) groups is 2. The molecular weight excluding hydrogens is 502 g/mol. The summed E-state index contributed by atoms with van der Waals surface area (Å²) in [6.07, 6.45) is 12.0. The van der Waals surface area contributed by atoms with Crippen molar-refractivity contribution in [3.63, 3.8) is 0 Å². The minimum Gasteiger partial charge on any atom is -0.458 e. The minimum atomic E-state index is -1.87. The first-order chi connectivity index (χ1) is 18.2. The first-order valence-electron chi connectivity index (χ1n) is 15.5. The number of hydrogen-bond donors (Lipinski definition) is 0. The van der Waals surface area contributed by atoms with Crippen molar-refractivity contribution in [3.8, 4) is 0 Å². The molecule has 0 radical (unpaired) electrons. The van der Waals surface area contributed by atoms with Crippen LogP contribution in [0.4, 0.5) is 0 Å². The molecule has 5 nitrogen and oxygen atoms in total. The highest BCUT2D eigenvalue weighted by atomic mass is 28.4. The third-order valence-electron chi connectivity index (χ3n) is 12.5. The first-order valence-corrected chi connectivity index (χ1v) is 18.4. The fraction of sp³-hybridized carbons (Fsp3) is 0.788. The van der Waals surface area contributed by atoms with Crippen molar-refractivity contribution in [1.82, 2.24) is 4.98 Å². The van der Waals surface area contributed by atoms with Crippen molar-refractivity contribution < 1.29 is 18.8 Å². The predicted molar refractivity (Wildman–Crippen MR) is 157 cm³/mol. The fourth-order valence-electron chi connectivity index (χ4n) is 9.34. The Hall–Kier alpha value is -1.53. The summed E-state index contributed by atoms with van der Waals surface area (Å²) in [6.45, 7) is 18.4. The monoisotopic (exact) mass is 553 g/mol. The van der Waals surface area contributed by atoms with Gasteiger partial charge in [0.05, 0.1) is 5.56 Å². The normalized spacial score (nSPS) is 40.3. The smallest absolute Gasteiger partial charge is 0.339 e. The Labute approximate surface area is 237 Å². The predicted octanol–water partition coefficient (Wildman–Crippen LogP) is 7.86. The molecule has 5 rings (SSSR count). The lowest BCUT2D eigenvalue weighted by molar-refractivity contribution is -0.174. The van der Waals surface area contributed by atoms with Gasteiger partial charge in [0, 0.05) is 30.3 Å². The maximum Gasteiger partial charge on any atom is 0.339 e. The molecule has 4 saturated carbocycles. The molecule has 4 aliphatic rings. The van der Waals surface area contributed by atoms with Crippen LogP contribution in [-0.2, 0) is 14.0 Å². The lowest BCUT2D eigenvalue weighted by Gasteiger charge is -2.63. The molecule has 39 heavy (non-hydrogen) atoms. The van der Waals surface area contributed by atoms with E-state index in [1.54, 1.807) is 31.5 Å². The molecule has 0 aliphatic heterocycles. The van der Waals surface area contributed by atoms with Gasteiger partial charge in [-0.25, -0.2) is 4.79 Å². The van der Waals surface area contributed by atoms with Crippen molar-refractivity contribution in [1.29, 1.82) is 0 Å². The SMILES string of the molecule is CC(=O)[C@H]1CC[C@H]2[C@@H]3[C@H](OC(=O)c4cccnc4)C[C@H]4C[C@H](O[Si](C)(C)C(C)(C)C)CC[C@]4(C)[C@H]3CC[C@]12C. The molecule has 0 amide bonds. The molecule has 4 aliphatic carbocycles. The summed E-state index contributed by atoms with van der Waals surface area (Å²) in [5, 5.41) is 0.191. The first kappa shape index (κ1) is 29.0. The van der Waals surface area contributed by atoms with Gasteiger partial charge < -0.3 is 9.16 Å². The molecule has 0 spiro atoms. The van der Waals surface area contributed by atoms with E-state index in [0.717, 1.165) is 44.9 Å². The van der Waals surface area contributed by atoms with Crippen molar-refractivity contribution >= 4 is 20.1 Å². The number of esters is 1. The summed E-state index contributed by atoms with van der Waals surface area (Å²) in [7, 11) is -1.87. The van der Waals surface area contributed by atoms with Crippen LogP contribution in [0, 0.1) is 40.4 Å². The van der Waals surface area contributed by atoms with Crippen LogP contribution < -0.4 is 0 Å². The summed E-state index contributed by atoms with van der Waals surface area (Å²) in [5.41, 5.74) is 0.763. The van der Waals surface area contributed by atoms with Crippen LogP contribution in [0.2, 0.25) is 18.1 Å². The molecule has 0 saturated heterocycles. The van der Waals surface area contributed by atoms with Crippen LogP contribution in [0.3, 0.4) is 0 Å². The highest BCUT2D eigenvalue weighted by molar-refractivity contribution is 6.74. The van der Waals surface area contributed by atoms with E-state index in [9.17, 15) is 9.59 Å². The Balaban J connectivity index is 1.45. The van der Waals surface area contributed by atoms with Gasteiger partial charge in [0.25, 0.3) is 0 Å². The third kappa shape index (κ3) is 4.96.